The molecule has 0 atom stereocenters. The summed E-state index contributed by atoms with van der Waals surface area (Å²) in [5, 5.41) is 133. The van der Waals surface area contributed by atoms with E-state index >= 15 is 0 Å². The van der Waals surface area contributed by atoms with Gasteiger partial charge in [-0.05, 0) is 169 Å². The lowest BCUT2D eigenvalue weighted by Gasteiger charge is -2.12. The van der Waals surface area contributed by atoms with Crippen molar-refractivity contribution in [2.24, 2.45) is 0 Å². The van der Waals surface area contributed by atoms with Gasteiger partial charge < -0.3 is 40.2 Å². The van der Waals surface area contributed by atoms with E-state index in [4.69, 9.17) is 61.2 Å². The van der Waals surface area contributed by atoms with Crippen LogP contribution in [0.2, 0.25) is 0 Å². The molecule has 84 heavy (non-hydrogen) atoms. The average Bonchev–Trinajstić information content (AvgIpc) is 3.57. The summed E-state index contributed by atoms with van der Waals surface area (Å²) >= 11 is 0. The Balaban J connectivity index is -0.000000418. The first kappa shape index (κ1) is 81.0. The number of nitrogens with zero attached hydrogens (tertiary/aromatic N) is 20. The molecule has 0 aromatic carbocycles. The summed E-state index contributed by atoms with van der Waals surface area (Å²) in [7, 11) is -9.24. The number of hydrogen-bond donors (Lipinski definition) is 0. The normalized spacial score (nSPS) is 8.33. The first-order chi connectivity index (χ1) is 40.5. The van der Waals surface area contributed by atoms with E-state index in [9.17, 15) is 0 Å². The van der Waals surface area contributed by atoms with Crippen molar-refractivity contribution in [3.8, 4) is 23.9 Å². The summed E-state index contributed by atoms with van der Waals surface area (Å²) in [4.78, 5) is 0. The Kier molecular flexibility index (Phi) is 60.5. The van der Waals surface area contributed by atoms with Gasteiger partial charge in [-0.2, -0.15) is 0 Å². The predicted octanol–water partition coefficient (Wildman–Crippen LogP) is -7.86. The van der Waals surface area contributed by atoms with E-state index in [-0.39, 0.29) is 0 Å². The molecule has 8 heterocycles. The zero-order valence-electron chi connectivity index (χ0n) is 48.7. The van der Waals surface area contributed by atoms with Crippen molar-refractivity contribution in [3.63, 3.8) is 0 Å². The summed E-state index contributed by atoms with van der Waals surface area (Å²) in [6.07, 6.45) is 29.8. The van der Waals surface area contributed by atoms with Crippen LogP contribution < -0.4 is 77.6 Å². The Morgan fingerprint density at radius 3 is 0.369 bits per heavy atom. The molecule has 8 aromatic rings. The van der Waals surface area contributed by atoms with E-state index in [1.165, 1.54) is 0 Å². The molecule has 0 amide bonds. The van der Waals surface area contributed by atoms with Crippen molar-refractivity contribution in [1.82, 2.24) is 40.8 Å². The van der Waals surface area contributed by atoms with Crippen LogP contribution in [-0.2, 0) is 52.4 Å². The Morgan fingerprint density at radius 2 is 0.333 bits per heavy atom. The van der Waals surface area contributed by atoms with Gasteiger partial charge in [-0.1, -0.05) is 37.5 Å². The summed E-state index contributed by atoms with van der Waals surface area (Å²) in [5.74, 6) is 3.67. The SMILES string of the molecule is CC[n+]1ccccn1.CC[n+]1ccccn1.CC[n+]1ccccn1.CC[n+]1ccccn1.CC[n+]1ccccn1.CC[n+]1ccccn1.CC[n+]1ccccn1.CC[n+]1ccccn1.N#CB([O-])[O-].N#CB([O-])[O-].N#CB([O-])[O-].N#CB([O-])[O-]. The third kappa shape index (κ3) is 60.2. The van der Waals surface area contributed by atoms with Gasteiger partial charge >= 0.3 is 0 Å². The lowest BCUT2D eigenvalue weighted by atomic mass is 9.97. The molecule has 8 aromatic heterocycles. The maximum absolute atomic E-state index is 8.98. The van der Waals surface area contributed by atoms with Gasteiger partial charge in [-0.15, -0.1) is 0 Å². The zero-order chi connectivity index (χ0) is 63.7. The van der Waals surface area contributed by atoms with Gasteiger partial charge in [0, 0.05) is 77.0 Å². The fourth-order valence-electron chi connectivity index (χ4n) is 4.39. The largest absolute Gasteiger partial charge is 0.881 e. The number of nitriles is 4. The molecule has 8 rings (SSSR count). The van der Waals surface area contributed by atoms with Crippen LogP contribution in [0.1, 0.15) is 55.4 Å². The molecule has 32 heteroatoms. The smallest absolute Gasteiger partial charge is 0.196 e. The van der Waals surface area contributed by atoms with E-state index < -0.39 is 28.5 Å². The number of hydrogen-bond acceptors (Lipinski definition) is 20. The molecule has 0 radical (unpaired) electrons. The van der Waals surface area contributed by atoms with Crippen molar-refractivity contribution in [2.75, 3.05) is 0 Å². The number of rotatable bonds is 8. The first-order valence-electron chi connectivity index (χ1n) is 25.9. The summed E-state index contributed by atoms with van der Waals surface area (Å²) < 4.78 is 15.0. The minimum Gasteiger partial charge on any atom is -0.881 e. The van der Waals surface area contributed by atoms with E-state index in [2.05, 4.69) is 96.2 Å². The van der Waals surface area contributed by atoms with Crippen LogP contribution in [0, 0.1) is 44.9 Å². The highest BCUT2D eigenvalue weighted by Crippen LogP contribution is 1.75. The topological polar surface area (TPSA) is 414 Å². The van der Waals surface area contributed by atoms with Gasteiger partial charge in [0.05, 0.1) is 49.6 Å². The molecule has 0 aliphatic carbocycles. The van der Waals surface area contributed by atoms with Crippen LogP contribution in [-0.4, -0.2) is 69.3 Å². The molecule has 0 saturated carbocycles. The standard InChI is InChI=1S/8C6H9N2.4CBNO2/c8*1-2-8-6-4-3-5-7-8;4*3-1-2(4)5/h8*3-6H,2H2,1H3;;;;/q8*+1;4*-2. The second-order valence-electron chi connectivity index (χ2n) is 14.3. The summed E-state index contributed by atoms with van der Waals surface area (Å²) in [6.45, 7) is 24.1. The third-order valence-corrected chi connectivity index (χ3v) is 8.38. The van der Waals surface area contributed by atoms with E-state index in [0.717, 1.165) is 76.2 Å². The van der Waals surface area contributed by atoms with Gasteiger partial charge in [-0.25, -0.2) is 21.0 Å². The average molecular weight is 1150 g/mol. The van der Waals surface area contributed by atoms with Crippen molar-refractivity contribution in [3.05, 3.63) is 196 Å². The molecule has 0 unspecified atom stereocenters. The number of aromatic nitrogens is 16. The Morgan fingerprint density at radius 1 is 0.238 bits per heavy atom. The Hall–Kier alpha value is -9.46. The van der Waals surface area contributed by atoms with Gasteiger partial charge in [0.2, 0.25) is 0 Å². The molecule has 440 valence electrons. The highest BCUT2D eigenvalue weighted by atomic mass is 16.4. The van der Waals surface area contributed by atoms with Crippen LogP contribution in [0.4, 0.5) is 0 Å². The Bertz CT molecular complexity index is 2250. The summed E-state index contributed by atoms with van der Waals surface area (Å²) in [5.41, 5.74) is 0. The van der Waals surface area contributed by atoms with E-state index in [0.29, 0.717) is 0 Å². The van der Waals surface area contributed by atoms with Gasteiger partial charge in [0.1, 0.15) is 0 Å². The minimum absolute atomic E-state index is 0.917. The molecule has 0 aliphatic heterocycles. The van der Waals surface area contributed by atoms with Gasteiger partial charge in [0.25, 0.3) is 0 Å². The molecule has 0 N–H and O–H groups in total. The zero-order valence-corrected chi connectivity index (χ0v) is 48.7. The maximum Gasteiger partial charge on any atom is 0.196 e. The highest BCUT2D eigenvalue weighted by Gasteiger charge is 1.94. The minimum atomic E-state index is -2.31. The van der Waals surface area contributed by atoms with Gasteiger partial charge in [0.15, 0.2) is 102 Å². The number of aryl methyl sites for hydroxylation is 8. The monoisotopic (exact) mass is 1150 g/mol. The van der Waals surface area contributed by atoms with Crippen molar-refractivity contribution in [2.45, 2.75) is 108 Å². The van der Waals surface area contributed by atoms with Gasteiger partial charge in [-0.3, -0.25) is 0 Å². The molecule has 28 nitrogen and oxygen atoms in total. The van der Waals surface area contributed by atoms with Crippen molar-refractivity contribution in [1.29, 1.82) is 21.0 Å². The van der Waals surface area contributed by atoms with Crippen molar-refractivity contribution < 1.29 is 77.6 Å². The predicted molar refractivity (Wildman–Crippen MR) is 286 cm³/mol. The molecular formula is C52H72B4N20O8. The van der Waals surface area contributed by atoms with Crippen LogP contribution in [0.5, 0.6) is 0 Å². The summed E-state index contributed by atoms with van der Waals surface area (Å²) in [6, 6.07) is 31.0. The second-order valence-corrected chi connectivity index (χ2v) is 14.3. The van der Waals surface area contributed by atoms with E-state index in [1.54, 1.807) is 49.6 Å². The Labute approximate surface area is 494 Å². The van der Waals surface area contributed by atoms with Crippen LogP contribution in [0.3, 0.4) is 0 Å². The fraction of sp³-hybridized carbons (Fsp3) is 0.308. The lowest BCUT2D eigenvalue weighted by molar-refractivity contribution is -0.751. The van der Waals surface area contributed by atoms with Crippen molar-refractivity contribution >= 4 is 28.5 Å². The molecule has 0 bridgehead atoms. The molecule has 0 saturated heterocycles. The molecule has 0 aliphatic rings. The molecule has 0 fully saturated rings. The van der Waals surface area contributed by atoms with Crippen LogP contribution >= 0.6 is 0 Å². The first-order valence-corrected chi connectivity index (χ1v) is 25.9. The van der Waals surface area contributed by atoms with Crippen LogP contribution in [0.15, 0.2) is 196 Å². The maximum atomic E-state index is 8.98. The fourth-order valence-corrected chi connectivity index (χ4v) is 4.39. The second kappa shape index (κ2) is 62.7. The molecular weight excluding hydrogens is 1080 g/mol. The van der Waals surface area contributed by atoms with E-state index in [1.807, 2.05) is 184 Å². The quantitative estimate of drug-likeness (QED) is 0.101. The highest BCUT2D eigenvalue weighted by molar-refractivity contribution is 6.47. The molecule has 0 spiro atoms. The third-order valence-electron chi connectivity index (χ3n) is 8.38. The van der Waals surface area contributed by atoms with Crippen LogP contribution in [0.25, 0.3) is 0 Å². The lowest BCUT2D eigenvalue weighted by Crippen LogP contribution is -2.43.